The number of aromatic carboxylic acids is 3. The van der Waals surface area contributed by atoms with Crippen molar-refractivity contribution in [1.82, 2.24) is 0 Å². The smallest absolute Gasteiger partial charge is 0.335 e. The van der Waals surface area contributed by atoms with Crippen LogP contribution >= 0.6 is 0 Å². The second kappa shape index (κ2) is 9.52. The fourth-order valence-corrected chi connectivity index (χ4v) is 1.50. The van der Waals surface area contributed by atoms with Crippen molar-refractivity contribution in [2.75, 3.05) is 0 Å². The van der Waals surface area contributed by atoms with Crippen molar-refractivity contribution in [3.05, 3.63) is 34.9 Å². The number of hydrogen-bond acceptors (Lipinski definition) is 3. The van der Waals surface area contributed by atoms with Crippen LogP contribution in [-0.2, 0) is 0 Å². The van der Waals surface area contributed by atoms with Crippen LogP contribution < -0.4 is 0 Å². The van der Waals surface area contributed by atoms with E-state index in [0.717, 1.165) is 18.2 Å². The molecule has 0 atom stereocenters. The molecule has 0 heterocycles. The summed E-state index contributed by atoms with van der Waals surface area (Å²) in [6.45, 7) is 4.46. The van der Waals surface area contributed by atoms with Gasteiger partial charge in [0.1, 0.15) is 0 Å². The highest BCUT2D eigenvalue weighted by molar-refractivity contribution is 5.98. The molecule has 0 unspecified atom stereocenters. The summed E-state index contributed by atoms with van der Waals surface area (Å²) in [5.41, 5.74) is -1.10. The maximum Gasteiger partial charge on any atom is 0.335 e. The Morgan fingerprint density at radius 1 is 0.714 bits per heavy atom. The summed E-state index contributed by atoms with van der Waals surface area (Å²) < 4.78 is 0. The van der Waals surface area contributed by atoms with Crippen LogP contribution in [0.4, 0.5) is 0 Å². The van der Waals surface area contributed by atoms with Crippen molar-refractivity contribution in [3.8, 4) is 0 Å². The molecule has 0 amide bonds. The van der Waals surface area contributed by atoms with Crippen molar-refractivity contribution in [3.63, 3.8) is 0 Å². The van der Waals surface area contributed by atoms with Crippen molar-refractivity contribution in [1.29, 1.82) is 0 Å². The molecule has 1 aromatic carbocycles. The molecule has 0 fully saturated rings. The molecule has 21 heavy (non-hydrogen) atoms. The lowest BCUT2D eigenvalue weighted by atomic mass is 10.1. The molecule has 0 bridgehead atoms. The zero-order chi connectivity index (χ0) is 16.4. The van der Waals surface area contributed by atoms with Gasteiger partial charge in [0.15, 0.2) is 0 Å². The first-order valence-corrected chi connectivity index (χ1v) is 6.68. The lowest BCUT2D eigenvalue weighted by Gasteiger charge is -2.00. The van der Waals surface area contributed by atoms with Crippen LogP contribution in [0.25, 0.3) is 0 Å². The molecule has 0 aromatic heterocycles. The number of carboxylic acid groups (broad SMARTS) is 3. The molecule has 1 rings (SSSR count). The van der Waals surface area contributed by atoms with E-state index in [1.54, 1.807) is 0 Å². The molecule has 6 heteroatoms. The number of hydrogen-bond donors (Lipinski definition) is 3. The van der Waals surface area contributed by atoms with E-state index in [1.807, 2.05) is 0 Å². The SMILES string of the molecule is CCCCCC.O=C(O)c1cc(C(=O)O)cc(C(=O)O)c1. The Hall–Kier alpha value is -2.37. The van der Waals surface area contributed by atoms with E-state index < -0.39 is 17.9 Å². The van der Waals surface area contributed by atoms with Crippen LogP contribution in [0.2, 0.25) is 0 Å². The molecule has 0 spiro atoms. The minimum Gasteiger partial charge on any atom is -0.478 e. The monoisotopic (exact) mass is 296 g/mol. The summed E-state index contributed by atoms with van der Waals surface area (Å²) in [7, 11) is 0. The summed E-state index contributed by atoms with van der Waals surface area (Å²) in [4.78, 5) is 31.7. The topological polar surface area (TPSA) is 112 Å². The highest BCUT2D eigenvalue weighted by atomic mass is 16.4. The molecule has 6 nitrogen and oxygen atoms in total. The van der Waals surface area contributed by atoms with Crippen LogP contribution in [0.5, 0.6) is 0 Å². The molecule has 0 radical (unpaired) electrons. The van der Waals surface area contributed by atoms with Gasteiger partial charge in [0, 0.05) is 0 Å². The van der Waals surface area contributed by atoms with Gasteiger partial charge in [-0.2, -0.15) is 0 Å². The van der Waals surface area contributed by atoms with Gasteiger partial charge >= 0.3 is 17.9 Å². The van der Waals surface area contributed by atoms with Crippen molar-refractivity contribution < 1.29 is 29.7 Å². The predicted molar refractivity (Wildman–Crippen MR) is 77.1 cm³/mol. The number of benzene rings is 1. The van der Waals surface area contributed by atoms with Crippen LogP contribution in [-0.4, -0.2) is 33.2 Å². The molecule has 0 aliphatic rings. The quantitative estimate of drug-likeness (QED) is 0.694. The second-order valence-electron chi connectivity index (χ2n) is 4.42. The largest absolute Gasteiger partial charge is 0.478 e. The Morgan fingerprint density at radius 3 is 1.10 bits per heavy atom. The summed E-state index contributed by atoms with van der Waals surface area (Å²) in [6.07, 6.45) is 5.54. The Labute approximate surface area is 123 Å². The number of unbranched alkanes of at least 4 members (excludes halogenated alkanes) is 3. The predicted octanol–water partition coefficient (Wildman–Crippen LogP) is 3.37. The lowest BCUT2D eigenvalue weighted by molar-refractivity contribution is 0.0696. The van der Waals surface area contributed by atoms with Gasteiger partial charge in [0.05, 0.1) is 16.7 Å². The minimum atomic E-state index is -1.37. The summed E-state index contributed by atoms with van der Waals surface area (Å²) in [6, 6.07) is 2.70. The number of carbonyl (C=O) groups is 3. The third-order valence-corrected chi connectivity index (χ3v) is 2.63. The molecular weight excluding hydrogens is 276 g/mol. The molecular formula is C15H20O6. The number of rotatable bonds is 6. The lowest BCUT2D eigenvalue weighted by Crippen LogP contribution is -2.07. The molecule has 0 aliphatic carbocycles. The minimum absolute atomic E-state index is 0.368. The van der Waals surface area contributed by atoms with Crippen LogP contribution in [0, 0.1) is 0 Å². The van der Waals surface area contributed by atoms with Gasteiger partial charge in [-0.15, -0.1) is 0 Å². The Morgan fingerprint density at radius 2 is 0.952 bits per heavy atom. The Bertz CT molecular complexity index is 424. The summed E-state index contributed by atoms with van der Waals surface area (Å²) in [5.74, 6) is -4.12. The first kappa shape index (κ1) is 18.6. The molecule has 116 valence electrons. The average molecular weight is 296 g/mol. The van der Waals surface area contributed by atoms with Crippen molar-refractivity contribution in [2.45, 2.75) is 39.5 Å². The molecule has 0 saturated carbocycles. The summed E-state index contributed by atoms with van der Waals surface area (Å²) in [5, 5.41) is 25.8. The van der Waals surface area contributed by atoms with Crippen LogP contribution in [0.15, 0.2) is 18.2 Å². The van der Waals surface area contributed by atoms with Crippen LogP contribution in [0.1, 0.15) is 70.6 Å². The van der Waals surface area contributed by atoms with Gasteiger partial charge < -0.3 is 15.3 Å². The van der Waals surface area contributed by atoms with Gasteiger partial charge in [-0.25, -0.2) is 14.4 Å². The zero-order valence-corrected chi connectivity index (χ0v) is 12.1. The van der Waals surface area contributed by atoms with Gasteiger partial charge in [0.2, 0.25) is 0 Å². The van der Waals surface area contributed by atoms with Gasteiger partial charge in [-0.05, 0) is 18.2 Å². The van der Waals surface area contributed by atoms with E-state index in [2.05, 4.69) is 13.8 Å². The second-order valence-corrected chi connectivity index (χ2v) is 4.42. The maximum absolute atomic E-state index is 10.6. The van der Waals surface area contributed by atoms with Crippen molar-refractivity contribution >= 4 is 17.9 Å². The van der Waals surface area contributed by atoms with E-state index >= 15 is 0 Å². The summed E-state index contributed by atoms with van der Waals surface area (Å²) >= 11 is 0. The first-order valence-electron chi connectivity index (χ1n) is 6.68. The number of carboxylic acids is 3. The van der Waals surface area contributed by atoms with Gasteiger partial charge in [-0.1, -0.05) is 39.5 Å². The molecule has 0 saturated heterocycles. The molecule has 3 N–H and O–H groups in total. The average Bonchev–Trinajstić information content (AvgIpc) is 2.45. The molecule has 0 aliphatic heterocycles. The van der Waals surface area contributed by atoms with E-state index in [9.17, 15) is 14.4 Å². The van der Waals surface area contributed by atoms with Crippen molar-refractivity contribution in [2.24, 2.45) is 0 Å². The van der Waals surface area contributed by atoms with E-state index in [1.165, 1.54) is 25.7 Å². The van der Waals surface area contributed by atoms with Gasteiger partial charge in [-0.3, -0.25) is 0 Å². The first-order chi connectivity index (χ1) is 9.83. The maximum atomic E-state index is 10.6. The van der Waals surface area contributed by atoms with Gasteiger partial charge in [0.25, 0.3) is 0 Å². The van der Waals surface area contributed by atoms with E-state index in [4.69, 9.17) is 15.3 Å². The van der Waals surface area contributed by atoms with Crippen LogP contribution in [0.3, 0.4) is 0 Å². The third-order valence-electron chi connectivity index (χ3n) is 2.63. The highest BCUT2D eigenvalue weighted by Gasteiger charge is 2.14. The zero-order valence-electron chi connectivity index (χ0n) is 12.1. The Kier molecular flexibility index (Phi) is 8.45. The van der Waals surface area contributed by atoms with E-state index in [0.29, 0.717) is 0 Å². The standard InChI is InChI=1S/C9H6O6.C6H14/c10-7(11)4-1-5(8(12)13)3-6(2-4)9(14)15;1-3-5-6-4-2/h1-3H,(H,10,11)(H,12,13)(H,14,15);3-6H2,1-2H3. The van der Waals surface area contributed by atoms with E-state index in [-0.39, 0.29) is 16.7 Å². The normalized spacial score (nSPS) is 9.43. The fraction of sp³-hybridized carbons (Fsp3) is 0.400. The highest BCUT2D eigenvalue weighted by Crippen LogP contribution is 2.11. The molecule has 1 aromatic rings. The Balaban J connectivity index is 0.000000567. The fourth-order valence-electron chi connectivity index (χ4n) is 1.50. The third kappa shape index (κ3) is 7.10.